The van der Waals surface area contributed by atoms with E-state index in [9.17, 15) is 4.79 Å². The zero-order valence-corrected chi connectivity index (χ0v) is 13.3. The highest BCUT2D eigenvalue weighted by molar-refractivity contribution is 5.99. The predicted octanol–water partition coefficient (Wildman–Crippen LogP) is 4.49. The highest BCUT2D eigenvalue weighted by atomic mass is 16.2. The van der Waals surface area contributed by atoms with Gasteiger partial charge in [-0.1, -0.05) is 36.4 Å². The number of amides is 2. The molecule has 0 aliphatic carbocycles. The van der Waals surface area contributed by atoms with Gasteiger partial charge in [-0.25, -0.2) is 9.78 Å². The van der Waals surface area contributed by atoms with Crippen molar-refractivity contribution < 1.29 is 4.79 Å². The Balaban J connectivity index is 1.63. The summed E-state index contributed by atoms with van der Waals surface area (Å²) in [5, 5.41) is 5.47. The first kappa shape index (κ1) is 15.6. The molecule has 0 saturated carbocycles. The van der Waals surface area contributed by atoms with Gasteiger partial charge in [-0.05, 0) is 36.4 Å². The molecule has 1 heterocycles. The number of hydrogen-bond acceptors (Lipinski definition) is 3. The van der Waals surface area contributed by atoms with Crippen LogP contribution in [0.2, 0.25) is 0 Å². The van der Waals surface area contributed by atoms with Crippen LogP contribution in [0.3, 0.4) is 0 Å². The molecule has 5 nitrogen and oxygen atoms in total. The van der Waals surface area contributed by atoms with Crippen molar-refractivity contribution in [3.63, 3.8) is 0 Å². The van der Waals surface area contributed by atoms with Crippen LogP contribution in [0.1, 0.15) is 0 Å². The minimum atomic E-state index is -0.321. The van der Waals surface area contributed by atoms with Gasteiger partial charge in [0, 0.05) is 18.4 Å². The van der Waals surface area contributed by atoms with Crippen molar-refractivity contribution in [2.45, 2.75) is 0 Å². The first-order chi connectivity index (χ1) is 11.7. The standard InChI is InChI=1S/C19H18N4O/c1-23(16-10-6-3-7-11-16)17-12-13-18(20-14-17)22-19(24)21-15-8-4-2-5-9-15/h2-14H,1H3,(H2,20,21,22,24). The van der Waals surface area contributed by atoms with E-state index in [0.29, 0.717) is 5.82 Å². The molecule has 0 aliphatic heterocycles. The fourth-order valence-corrected chi connectivity index (χ4v) is 2.26. The lowest BCUT2D eigenvalue weighted by molar-refractivity contribution is 0.262. The average molecular weight is 318 g/mol. The number of urea groups is 1. The van der Waals surface area contributed by atoms with E-state index >= 15 is 0 Å². The number of pyridine rings is 1. The Morgan fingerprint density at radius 2 is 1.50 bits per heavy atom. The van der Waals surface area contributed by atoms with Crippen LogP contribution in [0.5, 0.6) is 0 Å². The summed E-state index contributed by atoms with van der Waals surface area (Å²) in [5.41, 5.74) is 2.74. The second-order valence-corrected chi connectivity index (χ2v) is 5.24. The fourth-order valence-electron chi connectivity index (χ4n) is 2.26. The van der Waals surface area contributed by atoms with E-state index in [-0.39, 0.29) is 6.03 Å². The molecule has 0 unspecified atom stereocenters. The smallest absolute Gasteiger partial charge is 0.324 e. The Bertz CT molecular complexity index is 789. The summed E-state index contributed by atoms with van der Waals surface area (Å²) in [6, 6.07) is 22.7. The third-order valence-corrected chi connectivity index (χ3v) is 3.55. The summed E-state index contributed by atoms with van der Waals surface area (Å²) in [7, 11) is 1.97. The molecule has 0 fully saturated rings. The number of nitrogens with zero attached hydrogens (tertiary/aromatic N) is 2. The van der Waals surface area contributed by atoms with Gasteiger partial charge in [0.1, 0.15) is 5.82 Å². The van der Waals surface area contributed by atoms with E-state index in [0.717, 1.165) is 17.1 Å². The van der Waals surface area contributed by atoms with Crippen LogP contribution in [0.15, 0.2) is 79.0 Å². The highest BCUT2D eigenvalue weighted by Crippen LogP contribution is 2.23. The summed E-state index contributed by atoms with van der Waals surface area (Å²) in [5.74, 6) is 0.494. The van der Waals surface area contributed by atoms with Crippen molar-refractivity contribution in [3.05, 3.63) is 79.0 Å². The van der Waals surface area contributed by atoms with Crippen LogP contribution in [-0.4, -0.2) is 18.1 Å². The van der Waals surface area contributed by atoms with Gasteiger partial charge in [-0.3, -0.25) is 5.32 Å². The number of carbonyl (C=O) groups is 1. The van der Waals surface area contributed by atoms with E-state index in [1.807, 2.05) is 78.7 Å². The number of benzene rings is 2. The summed E-state index contributed by atoms with van der Waals surface area (Å²) in [6.45, 7) is 0. The number of nitrogens with one attached hydrogen (secondary N) is 2. The van der Waals surface area contributed by atoms with Crippen molar-refractivity contribution in [2.24, 2.45) is 0 Å². The minimum Gasteiger partial charge on any atom is -0.343 e. The Hall–Kier alpha value is -3.34. The second kappa shape index (κ2) is 7.28. The topological polar surface area (TPSA) is 57.3 Å². The van der Waals surface area contributed by atoms with E-state index in [4.69, 9.17) is 0 Å². The zero-order valence-electron chi connectivity index (χ0n) is 13.3. The first-order valence-electron chi connectivity index (χ1n) is 7.60. The fraction of sp³-hybridized carbons (Fsp3) is 0.0526. The van der Waals surface area contributed by atoms with Crippen molar-refractivity contribution in [2.75, 3.05) is 22.6 Å². The van der Waals surface area contributed by atoms with Crippen LogP contribution < -0.4 is 15.5 Å². The lowest BCUT2D eigenvalue weighted by Gasteiger charge is -2.19. The Kier molecular flexibility index (Phi) is 4.72. The molecule has 5 heteroatoms. The van der Waals surface area contributed by atoms with E-state index < -0.39 is 0 Å². The summed E-state index contributed by atoms with van der Waals surface area (Å²) in [4.78, 5) is 18.3. The van der Waals surface area contributed by atoms with Gasteiger partial charge in [0.15, 0.2) is 0 Å². The van der Waals surface area contributed by atoms with Gasteiger partial charge in [0.2, 0.25) is 0 Å². The molecular formula is C19H18N4O. The van der Waals surface area contributed by atoms with Gasteiger partial charge in [0.25, 0.3) is 0 Å². The molecule has 120 valence electrons. The number of rotatable bonds is 4. The van der Waals surface area contributed by atoms with Crippen LogP contribution >= 0.6 is 0 Å². The van der Waals surface area contributed by atoms with Crippen LogP contribution in [0, 0.1) is 0 Å². The highest BCUT2D eigenvalue weighted by Gasteiger charge is 2.06. The molecule has 0 bridgehead atoms. The molecule has 2 N–H and O–H groups in total. The molecule has 3 aromatic rings. The molecule has 24 heavy (non-hydrogen) atoms. The number of carbonyl (C=O) groups excluding carboxylic acids is 1. The van der Waals surface area contributed by atoms with Crippen molar-refractivity contribution in [3.8, 4) is 0 Å². The van der Waals surface area contributed by atoms with Crippen molar-refractivity contribution in [1.29, 1.82) is 0 Å². The third kappa shape index (κ3) is 3.89. The van der Waals surface area contributed by atoms with E-state index in [1.54, 1.807) is 12.3 Å². The van der Waals surface area contributed by atoms with Crippen molar-refractivity contribution in [1.82, 2.24) is 4.98 Å². The van der Waals surface area contributed by atoms with Gasteiger partial charge < -0.3 is 10.2 Å². The molecule has 1 aromatic heterocycles. The maximum absolute atomic E-state index is 11.9. The SMILES string of the molecule is CN(c1ccccc1)c1ccc(NC(=O)Nc2ccccc2)nc1. The average Bonchev–Trinajstić information content (AvgIpc) is 2.63. The molecule has 0 spiro atoms. The maximum atomic E-state index is 11.9. The second-order valence-electron chi connectivity index (χ2n) is 5.24. The monoisotopic (exact) mass is 318 g/mol. The van der Waals surface area contributed by atoms with Crippen LogP contribution in [0.25, 0.3) is 0 Å². The van der Waals surface area contributed by atoms with Gasteiger partial charge in [-0.2, -0.15) is 0 Å². The largest absolute Gasteiger partial charge is 0.343 e. The van der Waals surface area contributed by atoms with Crippen molar-refractivity contribution >= 4 is 28.9 Å². The molecule has 0 radical (unpaired) electrons. The number of aromatic nitrogens is 1. The van der Waals surface area contributed by atoms with Gasteiger partial charge in [0.05, 0.1) is 11.9 Å². The van der Waals surface area contributed by atoms with Crippen LogP contribution in [0.4, 0.5) is 27.7 Å². The molecular weight excluding hydrogens is 300 g/mol. The molecule has 0 atom stereocenters. The van der Waals surface area contributed by atoms with Crippen LogP contribution in [-0.2, 0) is 0 Å². The molecule has 2 aromatic carbocycles. The maximum Gasteiger partial charge on any atom is 0.324 e. The lowest BCUT2D eigenvalue weighted by atomic mass is 10.2. The molecule has 0 aliphatic rings. The summed E-state index contributed by atoms with van der Waals surface area (Å²) < 4.78 is 0. The Labute approximate surface area is 141 Å². The Morgan fingerprint density at radius 3 is 2.12 bits per heavy atom. The molecule has 2 amide bonds. The molecule has 0 saturated heterocycles. The zero-order chi connectivity index (χ0) is 16.8. The van der Waals surface area contributed by atoms with Gasteiger partial charge >= 0.3 is 6.03 Å². The lowest BCUT2D eigenvalue weighted by Crippen LogP contribution is -2.20. The predicted molar refractivity (Wildman–Crippen MR) is 97.8 cm³/mol. The number of anilines is 4. The summed E-state index contributed by atoms with van der Waals surface area (Å²) >= 11 is 0. The number of para-hydroxylation sites is 2. The summed E-state index contributed by atoms with van der Waals surface area (Å²) in [6.07, 6.45) is 1.73. The molecule has 3 rings (SSSR count). The first-order valence-corrected chi connectivity index (χ1v) is 7.60. The number of hydrogen-bond donors (Lipinski definition) is 2. The van der Waals surface area contributed by atoms with E-state index in [2.05, 4.69) is 15.6 Å². The minimum absolute atomic E-state index is 0.321. The van der Waals surface area contributed by atoms with Gasteiger partial charge in [-0.15, -0.1) is 0 Å². The normalized spacial score (nSPS) is 10.0. The quantitative estimate of drug-likeness (QED) is 0.745. The van der Waals surface area contributed by atoms with E-state index in [1.165, 1.54) is 0 Å². The Morgan fingerprint density at radius 1 is 0.833 bits per heavy atom. The third-order valence-electron chi connectivity index (χ3n) is 3.55.